The molecule has 0 spiro atoms. The number of carbonyl (C=O) groups excluding carboxylic acids is 1. The number of hydrogen-bond donors (Lipinski definition) is 0. The second kappa shape index (κ2) is 8.43. The molecule has 7 heteroatoms. The number of rotatable bonds is 7. The van der Waals surface area contributed by atoms with Crippen LogP contribution in [0.4, 0.5) is 0 Å². The van der Waals surface area contributed by atoms with E-state index < -0.39 is 0 Å². The Labute approximate surface area is 159 Å². The van der Waals surface area contributed by atoms with Crippen LogP contribution >= 0.6 is 34.5 Å². The molecule has 3 rings (SSSR count). The zero-order valence-corrected chi connectivity index (χ0v) is 15.5. The van der Waals surface area contributed by atoms with Crippen molar-refractivity contribution in [2.24, 2.45) is 0 Å². The minimum atomic E-state index is -0.157. The van der Waals surface area contributed by atoms with E-state index >= 15 is 0 Å². The molecule has 0 aliphatic carbocycles. The van der Waals surface area contributed by atoms with Gasteiger partial charge in [-0.25, -0.2) is 0 Å². The first kappa shape index (κ1) is 17.9. The number of furan rings is 1. The largest absolute Gasteiger partial charge is 0.482 e. The van der Waals surface area contributed by atoms with Gasteiger partial charge in [0.2, 0.25) is 0 Å². The van der Waals surface area contributed by atoms with Crippen LogP contribution in [0.25, 0.3) is 0 Å². The lowest BCUT2D eigenvalue weighted by atomic mass is 10.3. The fourth-order valence-corrected chi connectivity index (χ4v) is 3.42. The number of nitrogens with zero attached hydrogens (tertiary/aromatic N) is 1. The first-order chi connectivity index (χ1) is 12.1. The van der Waals surface area contributed by atoms with E-state index in [1.807, 2.05) is 23.6 Å². The summed E-state index contributed by atoms with van der Waals surface area (Å²) >= 11 is 13.5. The Hall–Kier alpha value is -1.95. The van der Waals surface area contributed by atoms with Crippen LogP contribution in [-0.2, 0) is 17.9 Å². The van der Waals surface area contributed by atoms with Crippen LogP contribution in [0.2, 0.25) is 10.0 Å². The molecule has 0 radical (unpaired) electrons. The van der Waals surface area contributed by atoms with Crippen molar-refractivity contribution in [1.29, 1.82) is 0 Å². The van der Waals surface area contributed by atoms with E-state index in [4.69, 9.17) is 32.4 Å². The summed E-state index contributed by atoms with van der Waals surface area (Å²) < 4.78 is 10.9. The molecule has 0 bridgehead atoms. The molecule has 0 atom stereocenters. The van der Waals surface area contributed by atoms with Gasteiger partial charge in [-0.15, -0.1) is 11.3 Å². The number of hydrogen-bond acceptors (Lipinski definition) is 4. The van der Waals surface area contributed by atoms with Gasteiger partial charge in [0.15, 0.2) is 6.61 Å². The van der Waals surface area contributed by atoms with Gasteiger partial charge in [0.1, 0.15) is 11.5 Å². The van der Waals surface area contributed by atoms with Crippen molar-refractivity contribution >= 4 is 40.4 Å². The van der Waals surface area contributed by atoms with Gasteiger partial charge in [-0.05, 0) is 41.8 Å². The highest BCUT2D eigenvalue weighted by atomic mass is 35.5. The fraction of sp³-hybridized carbons (Fsp3) is 0.167. The lowest BCUT2D eigenvalue weighted by Gasteiger charge is -2.21. The van der Waals surface area contributed by atoms with Crippen molar-refractivity contribution in [3.8, 4) is 5.75 Å². The predicted molar refractivity (Wildman–Crippen MR) is 99.2 cm³/mol. The van der Waals surface area contributed by atoms with Gasteiger partial charge >= 0.3 is 0 Å². The van der Waals surface area contributed by atoms with Gasteiger partial charge in [0.25, 0.3) is 5.91 Å². The molecule has 0 saturated carbocycles. The summed E-state index contributed by atoms with van der Waals surface area (Å²) in [5.74, 6) is 0.985. The molecule has 0 fully saturated rings. The predicted octanol–water partition coefficient (Wildman–Crippen LogP) is 5.26. The Morgan fingerprint density at radius 3 is 2.72 bits per heavy atom. The lowest BCUT2D eigenvalue weighted by Crippen LogP contribution is -2.33. The third-order valence-electron chi connectivity index (χ3n) is 3.45. The molecule has 3 aromatic rings. The summed E-state index contributed by atoms with van der Waals surface area (Å²) in [7, 11) is 0. The normalized spacial score (nSPS) is 10.6. The van der Waals surface area contributed by atoms with Crippen LogP contribution in [0.3, 0.4) is 0 Å². The van der Waals surface area contributed by atoms with Crippen LogP contribution in [0.5, 0.6) is 5.75 Å². The average molecular weight is 396 g/mol. The molecule has 130 valence electrons. The molecule has 1 aromatic carbocycles. The maximum absolute atomic E-state index is 12.6. The standard InChI is InChI=1S/C18H15Cl2NO3S/c19-13-5-6-17(16(20)9-13)24-12-18(22)21(10-14-3-1-7-23-14)11-15-4-2-8-25-15/h1-9H,10-12H2. The van der Waals surface area contributed by atoms with Crippen LogP contribution in [0, 0.1) is 0 Å². The fourth-order valence-electron chi connectivity index (χ4n) is 2.24. The summed E-state index contributed by atoms with van der Waals surface area (Å²) in [5, 5.41) is 2.87. The number of halogens is 2. The Morgan fingerprint density at radius 2 is 2.04 bits per heavy atom. The number of thiophene rings is 1. The smallest absolute Gasteiger partial charge is 0.261 e. The first-order valence-electron chi connectivity index (χ1n) is 7.52. The van der Waals surface area contributed by atoms with Crippen LogP contribution < -0.4 is 4.74 Å². The Bertz CT molecular complexity index is 783. The van der Waals surface area contributed by atoms with Crippen molar-refractivity contribution in [2.75, 3.05) is 6.61 Å². The number of benzene rings is 1. The van der Waals surface area contributed by atoms with Gasteiger partial charge in [-0.1, -0.05) is 29.3 Å². The topological polar surface area (TPSA) is 42.7 Å². The van der Waals surface area contributed by atoms with Crippen molar-refractivity contribution < 1.29 is 13.9 Å². The average Bonchev–Trinajstić information content (AvgIpc) is 3.27. The zero-order chi connectivity index (χ0) is 17.6. The molecule has 4 nitrogen and oxygen atoms in total. The third-order valence-corrected chi connectivity index (χ3v) is 4.84. The van der Waals surface area contributed by atoms with E-state index in [2.05, 4.69) is 0 Å². The number of amides is 1. The molecular weight excluding hydrogens is 381 g/mol. The molecule has 0 N–H and O–H groups in total. The van der Waals surface area contributed by atoms with Crippen molar-refractivity contribution in [1.82, 2.24) is 4.90 Å². The molecule has 2 heterocycles. The summed E-state index contributed by atoms with van der Waals surface area (Å²) in [4.78, 5) is 15.4. The SMILES string of the molecule is O=C(COc1ccc(Cl)cc1Cl)N(Cc1ccco1)Cc1cccs1. The summed E-state index contributed by atoms with van der Waals surface area (Å²) in [6.45, 7) is 0.754. The monoisotopic (exact) mass is 395 g/mol. The molecule has 0 unspecified atom stereocenters. The van der Waals surface area contributed by atoms with E-state index in [1.165, 1.54) is 0 Å². The molecule has 25 heavy (non-hydrogen) atoms. The molecule has 2 aromatic heterocycles. The van der Waals surface area contributed by atoms with E-state index in [-0.39, 0.29) is 12.5 Å². The number of carbonyl (C=O) groups is 1. The molecule has 0 aliphatic rings. The second-order valence-corrected chi connectivity index (χ2v) is 7.15. The molecule has 0 aliphatic heterocycles. The summed E-state index contributed by atoms with van der Waals surface area (Å²) in [6, 6.07) is 12.5. The third kappa shape index (κ3) is 5.01. The highest BCUT2D eigenvalue weighted by molar-refractivity contribution is 7.09. The van der Waals surface area contributed by atoms with Gasteiger partial charge < -0.3 is 14.1 Å². The van der Waals surface area contributed by atoms with E-state index in [0.29, 0.717) is 28.9 Å². The van der Waals surface area contributed by atoms with Crippen LogP contribution in [-0.4, -0.2) is 17.4 Å². The van der Waals surface area contributed by atoms with E-state index in [1.54, 1.807) is 46.8 Å². The van der Waals surface area contributed by atoms with Crippen molar-refractivity contribution in [2.45, 2.75) is 13.1 Å². The first-order valence-corrected chi connectivity index (χ1v) is 9.16. The summed E-state index contributed by atoms with van der Waals surface area (Å²) in [6.07, 6.45) is 1.59. The lowest BCUT2D eigenvalue weighted by molar-refractivity contribution is -0.134. The minimum Gasteiger partial charge on any atom is -0.482 e. The van der Waals surface area contributed by atoms with Crippen molar-refractivity contribution in [3.63, 3.8) is 0 Å². The molecule has 1 amide bonds. The van der Waals surface area contributed by atoms with Crippen molar-refractivity contribution in [3.05, 3.63) is 74.8 Å². The van der Waals surface area contributed by atoms with Crippen LogP contribution in [0.15, 0.2) is 58.5 Å². The second-order valence-electron chi connectivity index (χ2n) is 5.27. The maximum atomic E-state index is 12.6. The Morgan fingerprint density at radius 1 is 1.16 bits per heavy atom. The Kier molecular flexibility index (Phi) is 6.02. The highest BCUT2D eigenvalue weighted by Gasteiger charge is 2.17. The molecule has 0 saturated heterocycles. The minimum absolute atomic E-state index is 0.118. The van der Waals surface area contributed by atoms with Gasteiger partial charge in [-0.3, -0.25) is 4.79 Å². The molecular formula is C18H15Cl2NO3S. The highest BCUT2D eigenvalue weighted by Crippen LogP contribution is 2.27. The van der Waals surface area contributed by atoms with E-state index in [0.717, 1.165) is 10.6 Å². The quantitative estimate of drug-likeness (QED) is 0.548. The van der Waals surface area contributed by atoms with Gasteiger partial charge in [0.05, 0.1) is 24.4 Å². The maximum Gasteiger partial charge on any atom is 0.261 e. The van der Waals surface area contributed by atoms with E-state index in [9.17, 15) is 4.79 Å². The van der Waals surface area contributed by atoms with Crippen LogP contribution in [0.1, 0.15) is 10.6 Å². The Balaban J connectivity index is 1.67. The zero-order valence-electron chi connectivity index (χ0n) is 13.2. The van der Waals surface area contributed by atoms with Gasteiger partial charge in [0, 0.05) is 9.90 Å². The summed E-state index contributed by atoms with van der Waals surface area (Å²) in [5.41, 5.74) is 0. The number of ether oxygens (including phenoxy) is 1. The van der Waals surface area contributed by atoms with Gasteiger partial charge in [-0.2, -0.15) is 0 Å².